The van der Waals surface area contributed by atoms with Crippen molar-refractivity contribution in [2.24, 2.45) is 11.7 Å². The fraction of sp³-hybridized carbons (Fsp3) is 0.333. The van der Waals surface area contributed by atoms with E-state index in [4.69, 9.17) is 5.73 Å². The van der Waals surface area contributed by atoms with Gasteiger partial charge in [-0.3, -0.25) is 13.9 Å². The van der Waals surface area contributed by atoms with Crippen molar-refractivity contribution >= 4 is 43.5 Å². The first-order valence-corrected chi connectivity index (χ1v) is 11.8. The summed E-state index contributed by atoms with van der Waals surface area (Å²) < 4.78 is 28.7. The normalized spacial score (nSPS) is 15.1. The highest BCUT2D eigenvalue weighted by atomic mass is 79.9. The summed E-state index contributed by atoms with van der Waals surface area (Å²) >= 11 is 3.35. The number of hydrogen-bond donors (Lipinski definition) is 1. The highest BCUT2D eigenvalue weighted by Crippen LogP contribution is 2.26. The van der Waals surface area contributed by atoms with Crippen LogP contribution in [0.1, 0.15) is 18.4 Å². The van der Waals surface area contributed by atoms with Crippen LogP contribution < -0.4 is 10.0 Å². The van der Waals surface area contributed by atoms with Gasteiger partial charge in [-0.15, -0.1) is 0 Å². The van der Waals surface area contributed by atoms with E-state index in [0.717, 1.165) is 14.3 Å². The van der Waals surface area contributed by atoms with Crippen LogP contribution in [0, 0.1) is 12.8 Å². The molecule has 0 radical (unpaired) electrons. The topological polar surface area (TPSA) is 101 Å². The molecular weight excluding hydrogens is 470 g/mol. The van der Waals surface area contributed by atoms with Crippen LogP contribution in [0.25, 0.3) is 0 Å². The number of anilines is 1. The number of nitrogens with zero attached hydrogens (tertiary/aromatic N) is 2. The minimum Gasteiger partial charge on any atom is -0.369 e. The third-order valence-electron chi connectivity index (χ3n) is 5.25. The standard InChI is InChI=1S/C21H24BrN3O4S/c1-15-2-8-19(9-3-15)30(28,29)25(18-6-4-17(22)5-7-18)14-20(26)24-12-10-16(11-13-24)21(23)27/h2-9,16H,10-14H2,1H3,(H2,23,27). The second-order valence-electron chi connectivity index (χ2n) is 7.36. The molecule has 0 unspecified atom stereocenters. The average molecular weight is 494 g/mol. The Morgan fingerprint density at radius 2 is 1.63 bits per heavy atom. The molecule has 0 aliphatic carbocycles. The van der Waals surface area contributed by atoms with Gasteiger partial charge in [0.2, 0.25) is 11.8 Å². The number of halogens is 1. The van der Waals surface area contributed by atoms with Crippen molar-refractivity contribution in [1.29, 1.82) is 0 Å². The third kappa shape index (κ3) is 5.02. The molecule has 1 aliphatic rings. The van der Waals surface area contributed by atoms with Crippen molar-refractivity contribution in [3.63, 3.8) is 0 Å². The van der Waals surface area contributed by atoms with Crippen molar-refractivity contribution < 1.29 is 18.0 Å². The Hall–Kier alpha value is -2.39. The number of likely N-dealkylation sites (tertiary alicyclic amines) is 1. The Morgan fingerprint density at radius 1 is 1.07 bits per heavy atom. The van der Waals surface area contributed by atoms with Crippen LogP contribution in [-0.4, -0.2) is 44.8 Å². The zero-order chi connectivity index (χ0) is 21.9. The van der Waals surface area contributed by atoms with E-state index in [9.17, 15) is 18.0 Å². The van der Waals surface area contributed by atoms with E-state index < -0.39 is 10.0 Å². The van der Waals surface area contributed by atoms with Gasteiger partial charge in [-0.2, -0.15) is 0 Å². The second kappa shape index (κ2) is 9.18. The van der Waals surface area contributed by atoms with Crippen LogP contribution >= 0.6 is 15.9 Å². The Bertz CT molecular complexity index is 1020. The summed E-state index contributed by atoms with van der Waals surface area (Å²) in [6, 6.07) is 13.3. The molecule has 2 aromatic carbocycles. The maximum atomic E-state index is 13.4. The molecule has 0 atom stereocenters. The van der Waals surface area contributed by atoms with Crippen molar-refractivity contribution in [1.82, 2.24) is 4.90 Å². The molecule has 0 aromatic heterocycles. The van der Waals surface area contributed by atoms with E-state index in [2.05, 4.69) is 15.9 Å². The lowest BCUT2D eigenvalue weighted by Crippen LogP contribution is -2.47. The highest BCUT2D eigenvalue weighted by Gasteiger charge is 2.31. The number of carbonyl (C=O) groups excluding carboxylic acids is 2. The first-order valence-electron chi connectivity index (χ1n) is 9.60. The molecule has 7 nitrogen and oxygen atoms in total. The van der Waals surface area contributed by atoms with Crippen LogP contribution in [-0.2, 0) is 19.6 Å². The Morgan fingerprint density at radius 3 is 2.17 bits per heavy atom. The van der Waals surface area contributed by atoms with Crippen molar-refractivity contribution in [2.45, 2.75) is 24.7 Å². The molecule has 9 heteroatoms. The number of nitrogens with two attached hydrogens (primary N) is 1. The molecule has 0 spiro atoms. The lowest BCUT2D eigenvalue weighted by molar-refractivity contribution is -0.133. The van der Waals surface area contributed by atoms with Gasteiger partial charge in [0.25, 0.3) is 10.0 Å². The molecule has 160 valence electrons. The van der Waals surface area contributed by atoms with Gasteiger partial charge in [-0.1, -0.05) is 33.6 Å². The van der Waals surface area contributed by atoms with Gasteiger partial charge in [0.15, 0.2) is 0 Å². The number of sulfonamides is 1. The van der Waals surface area contributed by atoms with Crippen molar-refractivity contribution in [3.8, 4) is 0 Å². The largest absolute Gasteiger partial charge is 0.369 e. The number of benzene rings is 2. The Kier molecular flexibility index (Phi) is 6.82. The van der Waals surface area contributed by atoms with Gasteiger partial charge in [0.1, 0.15) is 6.54 Å². The minimum absolute atomic E-state index is 0.122. The highest BCUT2D eigenvalue weighted by molar-refractivity contribution is 9.10. The van der Waals surface area contributed by atoms with Crippen LogP contribution in [0.3, 0.4) is 0 Å². The van der Waals surface area contributed by atoms with E-state index in [1.165, 1.54) is 0 Å². The molecule has 3 rings (SSSR count). The molecule has 30 heavy (non-hydrogen) atoms. The maximum Gasteiger partial charge on any atom is 0.264 e. The fourth-order valence-electron chi connectivity index (χ4n) is 3.40. The Balaban J connectivity index is 1.87. The second-order valence-corrected chi connectivity index (χ2v) is 10.1. The smallest absolute Gasteiger partial charge is 0.264 e. The summed E-state index contributed by atoms with van der Waals surface area (Å²) in [6.45, 7) is 2.32. The Labute approximate surface area is 185 Å². The maximum absolute atomic E-state index is 13.4. The number of carbonyl (C=O) groups is 2. The van der Waals surface area contributed by atoms with Crippen LogP contribution in [0.15, 0.2) is 57.9 Å². The molecule has 1 fully saturated rings. The van der Waals surface area contributed by atoms with Crippen molar-refractivity contribution in [2.75, 3.05) is 23.9 Å². The lowest BCUT2D eigenvalue weighted by atomic mass is 9.96. The molecule has 2 N–H and O–H groups in total. The lowest BCUT2D eigenvalue weighted by Gasteiger charge is -2.33. The number of amides is 2. The van der Waals surface area contributed by atoms with Gasteiger partial charge in [-0.05, 0) is 56.2 Å². The summed E-state index contributed by atoms with van der Waals surface area (Å²) in [5.74, 6) is -0.912. The SMILES string of the molecule is Cc1ccc(S(=O)(=O)N(CC(=O)N2CCC(C(N)=O)CC2)c2ccc(Br)cc2)cc1. The number of aryl methyl sites for hydroxylation is 1. The van der Waals surface area contributed by atoms with Crippen LogP contribution in [0.2, 0.25) is 0 Å². The quantitative estimate of drug-likeness (QED) is 0.668. The average Bonchev–Trinajstić information content (AvgIpc) is 2.73. The zero-order valence-corrected chi connectivity index (χ0v) is 19.0. The third-order valence-corrected chi connectivity index (χ3v) is 7.57. The number of rotatable bonds is 6. The van der Waals surface area contributed by atoms with Gasteiger partial charge < -0.3 is 10.6 Å². The van der Waals surface area contributed by atoms with Crippen LogP contribution in [0.4, 0.5) is 5.69 Å². The van der Waals surface area contributed by atoms with Gasteiger partial charge >= 0.3 is 0 Å². The monoisotopic (exact) mass is 493 g/mol. The summed E-state index contributed by atoms with van der Waals surface area (Å²) in [4.78, 5) is 26.0. The molecular formula is C21H24BrN3O4S. The summed E-state index contributed by atoms with van der Waals surface area (Å²) in [7, 11) is -3.95. The van der Waals surface area contributed by atoms with Crippen LogP contribution in [0.5, 0.6) is 0 Å². The molecule has 1 heterocycles. The van der Waals surface area contributed by atoms with E-state index >= 15 is 0 Å². The predicted octanol–water partition coefficient (Wildman–Crippen LogP) is 2.68. The number of hydrogen-bond acceptors (Lipinski definition) is 4. The van der Waals surface area contributed by atoms with Gasteiger partial charge in [-0.25, -0.2) is 8.42 Å². The molecule has 1 aliphatic heterocycles. The molecule has 2 aromatic rings. The summed E-state index contributed by atoms with van der Waals surface area (Å²) in [6.07, 6.45) is 0.980. The molecule has 0 saturated carbocycles. The van der Waals surface area contributed by atoms with E-state index in [0.29, 0.717) is 31.6 Å². The molecule has 0 bridgehead atoms. The van der Waals surface area contributed by atoms with Gasteiger partial charge in [0, 0.05) is 23.5 Å². The predicted molar refractivity (Wildman–Crippen MR) is 118 cm³/mol. The summed E-state index contributed by atoms with van der Waals surface area (Å²) in [5.41, 5.74) is 6.70. The zero-order valence-electron chi connectivity index (χ0n) is 16.6. The minimum atomic E-state index is -3.95. The summed E-state index contributed by atoms with van der Waals surface area (Å²) in [5, 5.41) is 0. The van der Waals surface area contributed by atoms with Gasteiger partial charge in [0.05, 0.1) is 10.6 Å². The number of piperidine rings is 1. The first-order chi connectivity index (χ1) is 14.2. The molecule has 2 amide bonds. The molecule has 1 saturated heterocycles. The van der Waals surface area contributed by atoms with E-state index in [-0.39, 0.29) is 29.2 Å². The first kappa shape index (κ1) is 22.3. The van der Waals surface area contributed by atoms with E-state index in [1.807, 2.05) is 6.92 Å². The number of primary amides is 1. The van der Waals surface area contributed by atoms with E-state index in [1.54, 1.807) is 53.4 Å². The van der Waals surface area contributed by atoms with Crippen molar-refractivity contribution in [3.05, 3.63) is 58.6 Å². The fourth-order valence-corrected chi connectivity index (χ4v) is 5.07.